The first-order valence-corrected chi connectivity index (χ1v) is 5.68. The normalized spacial score (nSPS) is 11.2. The lowest BCUT2D eigenvalue weighted by molar-refractivity contribution is -0.274. The van der Waals surface area contributed by atoms with E-state index in [-0.39, 0.29) is 11.5 Å². The van der Waals surface area contributed by atoms with Crippen LogP contribution in [-0.4, -0.2) is 17.1 Å². The molecule has 0 saturated carbocycles. The van der Waals surface area contributed by atoms with Gasteiger partial charge >= 0.3 is 6.36 Å². The summed E-state index contributed by atoms with van der Waals surface area (Å²) in [5.74, 6) is -0.439. The van der Waals surface area contributed by atoms with Crippen LogP contribution in [0, 0.1) is 0 Å². The third-order valence-electron chi connectivity index (χ3n) is 2.53. The Bertz CT molecular complexity index is 621. The molecule has 0 atom stereocenters. The summed E-state index contributed by atoms with van der Waals surface area (Å²) in [6, 6.07) is 8.64. The third-order valence-corrected chi connectivity index (χ3v) is 2.53. The molecule has 1 aromatic heterocycles. The molecule has 0 amide bonds. The van der Waals surface area contributed by atoms with Crippen LogP contribution in [0.1, 0.15) is 17.3 Å². The molecule has 0 aliphatic rings. The van der Waals surface area contributed by atoms with Crippen molar-refractivity contribution in [3.63, 3.8) is 0 Å². The van der Waals surface area contributed by atoms with Crippen LogP contribution in [0.2, 0.25) is 0 Å². The molecule has 0 bridgehead atoms. The molecule has 3 nitrogen and oxygen atoms in total. The zero-order valence-corrected chi connectivity index (χ0v) is 10.4. The lowest BCUT2D eigenvalue weighted by Gasteiger charge is -2.10. The Morgan fingerprint density at radius 2 is 1.95 bits per heavy atom. The molecule has 0 unspecified atom stereocenters. The molecular weight excluding hydrogens is 271 g/mol. The van der Waals surface area contributed by atoms with Gasteiger partial charge in [0.1, 0.15) is 5.75 Å². The lowest BCUT2D eigenvalue weighted by Crippen LogP contribution is -2.17. The van der Waals surface area contributed by atoms with E-state index in [0.29, 0.717) is 16.8 Å². The molecular formula is C14H10F3NO2. The molecule has 0 spiro atoms. The van der Waals surface area contributed by atoms with Gasteiger partial charge in [0.05, 0.1) is 5.69 Å². The van der Waals surface area contributed by atoms with E-state index in [2.05, 4.69) is 9.72 Å². The van der Waals surface area contributed by atoms with Crippen molar-refractivity contribution in [2.75, 3.05) is 0 Å². The van der Waals surface area contributed by atoms with Gasteiger partial charge in [-0.2, -0.15) is 0 Å². The maximum Gasteiger partial charge on any atom is 0.573 e. The maximum atomic E-state index is 12.1. The number of nitrogens with zero attached hydrogens (tertiary/aromatic N) is 1. The lowest BCUT2D eigenvalue weighted by atomic mass is 10.1. The first-order valence-electron chi connectivity index (χ1n) is 5.68. The second kappa shape index (κ2) is 5.32. The number of halogens is 3. The fraction of sp³-hybridized carbons (Fsp3) is 0.143. The smallest absolute Gasteiger partial charge is 0.406 e. The van der Waals surface area contributed by atoms with Crippen LogP contribution in [0.5, 0.6) is 5.75 Å². The Labute approximate surface area is 113 Å². The number of aromatic nitrogens is 1. The quantitative estimate of drug-likeness (QED) is 0.802. The van der Waals surface area contributed by atoms with E-state index in [1.807, 2.05) is 0 Å². The Kier molecular flexibility index (Phi) is 3.74. The number of ether oxygens (including phenoxy) is 1. The Morgan fingerprint density at radius 1 is 1.20 bits per heavy atom. The van der Waals surface area contributed by atoms with Crippen LogP contribution >= 0.6 is 0 Å². The minimum absolute atomic E-state index is 0.127. The van der Waals surface area contributed by atoms with Crippen molar-refractivity contribution in [1.29, 1.82) is 0 Å². The Hall–Kier alpha value is -2.37. The number of carbonyl (C=O) groups is 1. The van der Waals surface area contributed by atoms with Crippen molar-refractivity contribution < 1.29 is 22.7 Å². The van der Waals surface area contributed by atoms with E-state index in [0.717, 1.165) is 0 Å². The second-order valence-corrected chi connectivity index (χ2v) is 4.06. The number of ketones is 1. The Balaban J connectivity index is 2.28. The van der Waals surface area contributed by atoms with Gasteiger partial charge in [-0.15, -0.1) is 13.2 Å². The van der Waals surface area contributed by atoms with Gasteiger partial charge in [-0.1, -0.05) is 12.1 Å². The minimum Gasteiger partial charge on any atom is -0.406 e. The highest BCUT2D eigenvalue weighted by Gasteiger charge is 2.31. The number of benzene rings is 1. The highest BCUT2D eigenvalue weighted by Crippen LogP contribution is 2.27. The summed E-state index contributed by atoms with van der Waals surface area (Å²) in [7, 11) is 0. The van der Waals surface area contributed by atoms with Gasteiger partial charge < -0.3 is 4.74 Å². The predicted molar refractivity (Wildman–Crippen MR) is 66.4 cm³/mol. The first kappa shape index (κ1) is 14.0. The summed E-state index contributed by atoms with van der Waals surface area (Å²) in [4.78, 5) is 15.2. The van der Waals surface area contributed by atoms with Crippen molar-refractivity contribution in [3.05, 3.63) is 48.2 Å². The van der Waals surface area contributed by atoms with Crippen LogP contribution in [0.3, 0.4) is 0 Å². The van der Waals surface area contributed by atoms with Crippen LogP contribution in [-0.2, 0) is 0 Å². The standard InChI is InChI=1S/C14H10F3NO2/c1-9(19)11-5-6-13(18-8-11)10-3-2-4-12(7-10)20-14(15,16)17/h2-8H,1H3. The number of pyridine rings is 1. The highest BCUT2D eigenvalue weighted by molar-refractivity contribution is 5.93. The first-order chi connectivity index (χ1) is 9.35. The van der Waals surface area contributed by atoms with Crippen LogP contribution in [0.4, 0.5) is 13.2 Å². The molecule has 0 aliphatic heterocycles. The summed E-state index contributed by atoms with van der Waals surface area (Å²) in [5.41, 5.74) is 1.38. The van der Waals surface area contributed by atoms with Crippen molar-refractivity contribution in [3.8, 4) is 17.0 Å². The number of carbonyl (C=O) groups excluding carboxylic acids is 1. The molecule has 0 saturated heterocycles. The van der Waals surface area contributed by atoms with Crippen LogP contribution < -0.4 is 4.74 Å². The van der Waals surface area contributed by atoms with Gasteiger partial charge in [0, 0.05) is 17.3 Å². The largest absolute Gasteiger partial charge is 0.573 e. The molecule has 0 fully saturated rings. The van der Waals surface area contributed by atoms with Crippen molar-refractivity contribution in [2.24, 2.45) is 0 Å². The molecule has 6 heteroatoms. The summed E-state index contributed by atoms with van der Waals surface area (Å²) in [6.07, 6.45) is -3.35. The summed E-state index contributed by atoms with van der Waals surface area (Å²) in [6.45, 7) is 1.41. The van der Waals surface area contributed by atoms with Crippen LogP contribution in [0.15, 0.2) is 42.6 Å². The maximum absolute atomic E-state index is 12.1. The fourth-order valence-electron chi connectivity index (χ4n) is 1.63. The summed E-state index contributed by atoms with van der Waals surface area (Å²) >= 11 is 0. The van der Waals surface area contributed by atoms with E-state index in [1.54, 1.807) is 18.2 Å². The van der Waals surface area contributed by atoms with Gasteiger partial charge in [0.25, 0.3) is 0 Å². The second-order valence-electron chi connectivity index (χ2n) is 4.06. The zero-order valence-electron chi connectivity index (χ0n) is 10.4. The molecule has 2 aromatic rings. The van der Waals surface area contributed by atoms with E-state index in [4.69, 9.17) is 0 Å². The van der Waals surface area contributed by atoms with Crippen LogP contribution in [0.25, 0.3) is 11.3 Å². The Morgan fingerprint density at radius 3 is 2.50 bits per heavy atom. The highest BCUT2D eigenvalue weighted by atomic mass is 19.4. The fourth-order valence-corrected chi connectivity index (χ4v) is 1.63. The van der Waals surface area contributed by atoms with Gasteiger partial charge in [-0.25, -0.2) is 0 Å². The average molecular weight is 281 g/mol. The topological polar surface area (TPSA) is 39.2 Å². The zero-order chi connectivity index (χ0) is 14.8. The molecule has 0 N–H and O–H groups in total. The molecule has 104 valence electrons. The van der Waals surface area contributed by atoms with E-state index in [1.165, 1.54) is 31.3 Å². The number of alkyl halides is 3. The van der Waals surface area contributed by atoms with Gasteiger partial charge in [0.2, 0.25) is 0 Å². The van der Waals surface area contributed by atoms with Gasteiger partial charge in [-0.3, -0.25) is 9.78 Å². The number of Topliss-reactive ketones (excluding diaryl/α,β-unsaturated/α-hetero) is 1. The third kappa shape index (κ3) is 3.57. The molecule has 1 aromatic carbocycles. The van der Waals surface area contributed by atoms with Crippen molar-refractivity contribution in [2.45, 2.75) is 13.3 Å². The minimum atomic E-state index is -4.73. The van der Waals surface area contributed by atoms with E-state index >= 15 is 0 Å². The van der Waals surface area contributed by atoms with Crippen molar-refractivity contribution in [1.82, 2.24) is 4.98 Å². The SMILES string of the molecule is CC(=O)c1ccc(-c2cccc(OC(F)(F)F)c2)nc1. The number of hydrogen-bond acceptors (Lipinski definition) is 3. The number of hydrogen-bond donors (Lipinski definition) is 0. The van der Waals surface area contributed by atoms with Gasteiger partial charge in [0.15, 0.2) is 5.78 Å². The van der Waals surface area contributed by atoms with Gasteiger partial charge in [-0.05, 0) is 31.2 Å². The molecule has 1 heterocycles. The van der Waals surface area contributed by atoms with Crippen molar-refractivity contribution >= 4 is 5.78 Å². The molecule has 2 rings (SSSR count). The molecule has 0 aliphatic carbocycles. The monoisotopic (exact) mass is 281 g/mol. The summed E-state index contributed by atoms with van der Waals surface area (Å²) in [5, 5.41) is 0. The predicted octanol–water partition coefficient (Wildman–Crippen LogP) is 3.85. The van der Waals surface area contributed by atoms with E-state index in [9.17, 15) is 18.0 Å². The molecule has 0 radical (unpaired) electrons. The molecule has 20 heavy (non-hydrogen) atoms. The van der Waals surface area contributed by atoms with E-state index < -0.39 is 6.36 Å². The average Bonchev–Trinajstić information content (AvgIpc) is 2.37. The number of rotatable bonds is 3. The summed E-state index contributed by atoms with van der Waals surface area (Å²) < 4.78 is 40.3.